The molecule has 0 bridgehead atoms. The Morgan fingerprint density at radius 1 is 1.24 bits per heavy atom. The van der Waals surface area contributed by atoms with Crippen LogP contribution >= 0.6 is 0 Å². The van der Waals surface area contributed by atoms with E-state index in [1.807, 2.05) is 37.3 Å². The maximum atomic E-state index is 12.3. The third kappa shape index (κ3) is 3.89. The molecule has 0 saturated heterocycles. The third-order valence-electron chi connectivity index (χ3n) is 3.36. The molecule has 21 heavy (non-hydrogen) atoms. The fourth-order valence-electron chi connectivity index (χ4n) is 2.20. The Morgan fingerprint density at radius 3 is 2.67 bits per heavy atom. The molecule has 110 valence electrons. The molecular formula is C17H21N3O. The highest BCUT2D eigenvalue weighted by molar-refractivity contribution is 6.04. The second-order valence-electron chi connectivity index (χ2n) is 5.01. The Kier molecular flexibility index (Phi) is 5.06. The zero-order valence-corrected chi connectivity index (χ0v) is 12.7. The van der Waals surface area contributed by atoms with E-state index < -0.39 is 0 Å². The Labute approximate surface area is 125 Å². The molecular weight excluding hydrogens is 262 g/mol. The van der Waals surface area contributed by atoms with Gasteiger partial charge in [-0.25, -0.2) is 0 Å². The van der Waals surface area contributed by atoms with Gasteiger partial charge in [0.15, 0.2) is 0 Å². The van der Waals surface area contributed by atoms with E-state index in [0.29, 0.717) is 5.56 Å². The molecule has 0 saturated carbocycles. The molecule has 4 heteroatoms. The fourth-order valence-corrected chi connectivity index (χ4v) is 2.20. The van der Waals surface area contributed by atoms with Crippen molar-refractivity contribution in [2.45, 2.75) is 26.8 Å². The van der Waals surface area contributed by atoms with Crippen LogP contribution in [0, 0.1) is 6.92 Å². The van der Waals surface area contributed by atoms with Crippen molar-refractivity contribution in [1.82, 2.24) is 10.3 Å². The van der Waals surface area contributed by atoms with Crippen LogP contribution in [-0.2, 0) is 0 Å². The number of nitrogens with one attached hydrogen (secondary N) is 2. The van der Waals surface area contributed by atoms with Crippen LogP contribution < -0.4 is 10.6 Å². The van der Waals surface area contributed by atoms with Crippen LogP contribution in [0.2, 0.25) is 0 Å². The summed E-state index contributed by atoms with van der Waals surface area (Å²) in [6.45, 7) is 6.93. The van der Waals surface area contributed by atoms with E-state index in [-0.39, 0.29) is 11.9 Å². The number of carbonyl (C=O) groups excluding carboxylic acids is 1. The molecule has 2 N–H and O–H groups in total. The third-order valence-corrected chi connectivity index (χ3v) is 3.36. The smallest absolute Gasteiger partial charge is 0.257 e. The van der Waals surface area contributed by atoms with Gasteiger partial charge in [-0.1, -0.05) is 25.1 Å². The Hall–Kier alpha value is -2.20. The van der Waals surface area contributed by atoms with Crippen molar-refractivity contribution in [3.63, 3.8) is 0 Å². The molecule has 0 aliphatic carbocycles. The fraction of sp³-hybridized carbons (Fsp3) is 0.294. The van der Waals surface area contributed by atoms with E-state index in [4.69, 9.17) is 0 Å². The highest BCUT2D eigenvalue weighted by Gasteiger charge is 2.12. The normalized spacial score (nSPS) is 12.0. The molecule has 0 fully saturated rings. The standard InChI is InChI=1S/C17H21N3O/c1-4-18-13(3)15-7-5-6-8-16(15)20-17(21)14-10-9-12(2)19-11-14/h5-11,13,18H,4H2,1-3H3,(H,20,21). The largest absolute Gasteiger partial charge is 0.322 e. The van der Waals surface area contributed by atoms with Crippen LogP contribution in [0.4, 0.5) is 5.69 Å². The first-order valence-corrected chi connectivity index (χ1v) is 7.18. The molecule has 2 rings (SSSR count). The quantitative estimate of drug-likeness (QED) is 0.885. The van der Waals surface area contributed by atoms with Crippen LogP contribution in [0.15, 0.2) is 42.6 Å². The van der Waals surface area contributed by atoms with Crippen molar-refractivity contribution in [3.05, 3.63) is 59.4 Å². The van der Waals surface area contributed by atoms with Crippen LogP contribution in [0.25, 0.3) is 0 Å². The molecule has 1 amide bonds. The molecule has 0 spiro atoms. The summed E-state index contributed by atoms with van der Waals surface area (Å²) < 4.78 is 0. The minimum Gasteiger partial charge on any atom is -0.322 e. The first kappa shape index (κ1) is 15.2. The van der Waals surface area contributed by atoms with E-state index in [2.05, 4.69) is 29.5 Å². The predicted molar refractivity (Wildman–Crippen MR) is 85.5 cm³/mol. The number of hydrogen-bond acceptors (Lipinski definition) is 3. The lowest BCUT2D eigenvalue weighted by atomic mass is 10.1. The Bertz CT molecular complexity index is 608. The average molecular weight is 283 g/mol. The van der Waals surface area contributed by atoms with Gasteiger partial charge in [-0.3, -0.25) is 9.78 Å². The number of benzene rings is 1. The molecule has 0 radical (unpaired) electrons. The van der Waals surface area contributed by atoms with Crippen LogP contribution in [0.1, 0.15) is 41.5 Å². The molecule has 1 unspecified atom stereocenters. The lowest BCUT2D eigenvalue weighted by Gasteiger charge is -2.17. The topological polar surface area (TPSA) is 54.0 Å². The van der Waals surface area contributed by atoms with Gasteiger partial charge >= 0.3 is 0 Å². The van der Waals surface area contributed by atoms with Crippen molar-refractivity contribution < 1.29 is 4.79 Å². The van der Waals surface area contributed by atoms with E-state index >= 15 is 0 Å². The van der Waals surface area contributed by atoms with Crippen LogP contribution in [-0.4, -0.2) is 17.4 Å². The summed E-state index contributed by atoms with van der Waals surface area (Å²) in [6, 6.07) is 11.6. The van der Waals surface area contributed by atoms with Gasteiger partial charge in [0.05, 0.1) is 5.56 Å². The van der Waals surface area contributed by atoms with E-state index in [1.54, 1.807) is 12.3 Å². The van der Waals surface area contributed by atoms with Gasteiger partial charge in [0, 0.05) is 23.6 Å². The maximum Gasteiger partial charge on any atom is 0.257 e. The average Bonchev–Trinajstić information content (AvgIpc) is 2.48. The second kappa shape index (κ2) is 6.99. The Morgan fingerprint density at radius 2 is 2.00 bits per heavy atom. The summed E-state index contributed by atoms with van der Waals surface area (Å²) in [6.07, 6.45) is 1.60. The first-order chi connectivity index (χ1) is 10.1. The van der Waals surface area contributed by atoms with Gasteiger partial charge in [-0.2, -0.15) is 0 Å². The Balaban J connectivity index is 2.19. The number of anilines is 1. The minimum atomic E-state index is -0.140. The zero-order valence-electron chi connectivity index (χ0n) is 12.7. The number of aryl methyl sites for hydroxylation is 1. The molecule has 1 aromatic carbocycles. The van der Waals surface area contributed by atoms with Crippen molar-refractivity contribution >= 4 is 11.6 Å². The van der Waals surface area contributed by atoms with Gasteiger partial charge in [-0.05, 0) is 44.2 Å². The lowest BCUT2D eigenvalue weighted by molar-refractivity contribution is 0.102. The molecule has 1 aromatic heterocycles. The number of para-hydroxylation sites is 1. The zero-order chi connectivity index (χ0) is 15.2. The van der Waals surface area contributed by atoms with Gasteiger partial charge in [0.1, 0.15) is 0 Å². The van der Waals surface area contributed by atoms with Crippen LogP contribution in [0.5, 0.6) is 0 Å². The minimum absolute atomic E-state index is 0.140. The molecule has 4 nitrogen and oxygen atoms in total. The summed E-state index contributed by atoms with van der Waals surface area (Å²) in [4.78, 5) is 16.4. The summed E-state index contributed by atoms with van der Waals surface area (Å²) in [5.74, 6) is -0.140. The van der Waals surface area contributed by atoms with Crippen LogP contribution in [0.3, 0.4) is 0 Å². The summed E-state index contributed by atoms with van der Waals surface area (Å²) in [5.41, 5.74) is 3.36. The van der Waals surface area contributed by atoms with Crippen molar-refractivity contribution in [2.75, 3.05) is 11.9 Å². The number of pyridine rings is 1. The van der Waals surface area contributed by atoms with Crippen molar-refractivity contribution in [2.24, 2.45) is 0 Å². The number of rotatable bonds is 5. The number of aromatic nitrogens is 1. The summed E-state index contributed by atoms with van der Waals surface area (Å²) in [7, 11) is 0. The second-order valence-corrected chi connectivity index (χ2v) is 5.01. The van der Waals surface area contributed by atoms with E-state index in [1.165, 1.54) is 0 Å². The number of amides is 1. The molecule has 0 aliphatic heterocycles. The maximum absolute atomic E-state index is 12.3. The van der Waals surface area contributed by atoms with Gasteiger partial charge in [0.2, 0.25) is 0 Å². The van der Waals surface area contributed by atoms with Gasteiger partial charge in [0.25, 0.3) is 5.91 Å². The van der Waals surface area contributed by atoms with E-state index in [0.717, 1.165) is 23.5 Å². The highest BCUT2D eigenvalue weighted by atomic mass is 16.1. The monoisotopic (exact) mass is 283 g/mol. The molecule has 0 aliphatic rings. The summed E-state index contributed by atoms with van der Waals surface area (Å²) in [5, 5.41) is 6.33. The van der Waals surface area contributed by atoms with E-state index in [9.17, 15) is 4.79 Å². The molecule has 1 heterocycles. The van der Waals surface area contributed by atoms with Gasteiger partial charge < -0.3 is 10.6 Å². The number of nitrogens with zero attached hydrogens (tertiary/aromatic N) is 1. The number of hydrogen-bond donors (Lipinski definition) is 2. The number of carbonyl (C=O) groups is 1. The predicted octanol–water partition coefficient (Wildman–Crippen LogP) is 3.31. The lowest BCUT2D eigenvalue weighted by Crippen LogP contribution is -2.20. The van der Waals surface area contributed by atoms with Crippen molar-refractivity contribution in [3.8, 4) is 0 Å². The first-order valence-electron chi connectivity index (χ1n) is 7.18. The molecule has 1 atom stereocenters. The molecule has 2 aromatic rings. The SMILES string of the molecule is CCNC(C)c1ccccc1NC(=O)c1ccc(C)nc1. The summed E-state index contributed by atoms with van der Waals surface area (Å²) >= 11 is 0. The van der Waals surface area contributed by atoms with Crippen molar-refractivity contribution in [1.29, 1.82) is 0 Å². The van der Waals surface area contributed by atoms with Gasteiger partial charge in [-0.15, -0.1) is 0 Å². The highest BCUT2D eigenvalue weighted by Crippen LogP contribution is 2.23.